The van der Waals surface area contributed by atoms with Crippen molar-refractivity contribution in [3.8, 4) is 0 Å². The van der Waals surface area contributed by atoms with Crippen LogP contribution in [0.2, 0.25) is 0 Å². The molecule has 0 bridgehead atoms. The van der Waals surface area contributed by atoms with E-state index in [9.17, 15) is 18.0 Å². The highest BCUT2D eigenvalue weighted by Gasteiger charge is 2.38. The number of carboxylic acid groups (broad SMARTS) is 1. The van der Waals surface area contributed by atoms with Crippen LogP contribution in [0.25, 0.3) is 0 Å². The molecular formula is C8H15F3N4O3. The largest absolute Gasteiger partial charge is 0.490 e. The van der Waals surface area contributed by atoms with Crippen LogP contribution >= 0.6 is 0 Å². The highest BCUT2D eigenvalue weighted by atomic mass is 19.4. The Morgan fingerprint density at radius 2 is 1.67 bits per heavy atom. The van der Waals surface area contributed by atoms with Gasteiger partial charge >= 0.3 is 12.1 Å². The zero-order valence-corrected chi connectivity index (χ0v) is 9.57. The first kappa shape index (κ1) is 18.4. The van der Waals surface area contributed by atoms with Crippen LogP contribution < -0.4 is 17.2 Å². The molecule has 0 aliphatic rings. The van der Waals surface area contributed by atoms with E-state index in [1.807, 2.05) is 6.92 Å². The lowest BCUT2D eigenvalue weighted by Crippen LogP contribution is -2.32. The van der Waals surface area contributed by atoms with Crippen molar-refractivity contribution in [1.29, 1.82) is 0 Å². The fourth-order valence-corrected chi connectivity index (χ4v) is 0.724. The molecule has 7 nitrogen and oxygen atoms in total. The molecular weight excluding hydrogens is 257 g/mol. The minimum Gasteiger partial charge on any atom is -0.475 e. The number of primary amides is 1. The van der Waals surface area contributed by atoms with Crippen molar-refractivity contribution in [3.63, 3.8) is 0 Å². The fourth-order valence-electron chi connectivity index (χ4n) is 0.724. The molecule has 0 aromatic carbocycles. The molecule has 0 aromatic heterocycles. The molecule has 0 fully saturated rings. The third-order valence-corrected chi connectivity index (χ3v) is 1.44. The average Bonchev–Trinajstić information content (AvgIpc) is 2.15. The maximum absolute atomic E-state index is 10.6. The van der Waals surface area contributed by atoms with E-state index in [4.69, 9.17) is 27.1 Å². The minimum absolute atomic E-state index is 0.0951. The van der Waals surface area contributed by atoms with Crippen LogP contribution in [0.15, 0.2) is 4.99 Å². The van der Waals surface area contributed by atoms with Gasteiger partial charge in [-0.2, -0.15) is 13.2 Å². The second-order valence-electron chi connectivity index (χ2n) is 3.06. The Labute approximate surface area is 101 Å². The number of rotatable bonds is 4. The fraction of sp³-hybridized carbons (Fsp3) is 0.625. The Balaban J connectivity index is 0. The van der Waals surface area contributed by atoms with Crippen LogP contribution in [0, 0.1) is 0 Å². The molecule has 0 aromatic rings. The van der Waals surface area contributed by atoms with Crippen molar-refractivity contribution >= 4 is 17.8 Å². The molecule has 106 valence electrons. The lowest BCUT2D eigenvalue weighted by atomic mass is 10.2. The van der Waals surface area contributed by atoms with Crippen molar-refractivity contribution in [3.05, 3.63) is 0 Å². The summed E-state index contributed by atoms with van der Waals surface area (Å²) in [7, 11) is 0. The molecule has 18 heavy (non-hydrogen) atoms. The van der Waals surface area contributed by atoms with Crippen molar-refractivity contribution < 1.29 is 27.9 Å². The van der Waals surface area contributed by atoms with Gasteiger partial charge in [0.25, 0.3) is 0 Å². The van der Waals surface area contributed by atoms with E-state index in [2.05, 4.69) is 4.99 Å². The number of nitrogens with two attached hydrogens (primary N) is 3. The number of amides is 1. The lowest BCUT2D eigenvalue weighted by molar-refractivity contribution is -0.192. The smallest absolute Gasteiger partial charge is 0.475 e. The van der Waals surface area contributed by atoms with E-state index in [0.717, 1.165) is 6.42 Å². The second-order valence-corrected chi connectivity index (χ2v) is 3.06. The molecule has 0 heterocycles. The third-order valence-electron chi connectivity index (χ3n) is 1.44. The molecule has 1 amide bonds. The number of nitrogens with zero attached hydrogens (tertiary/aromatic N) is 1. The van der Waals surface area contributed by atoms with Crippen LogP contribution in [-0.4, -0.2) is 35.2 Å². The zero-order chi connectivity index (χ0) is 14.9. The topological polar surface area (TPSA) is 145 Å². The molecule has 7 N–H and O–H groups in total. The molecule has 0 unspecified atom stereocenters. The number of alkyl halides is 3. The van der Waals surface area contributed by atoms with E-state index in [1.54, 1.807) is 0 Å². The lowest BCUT2D eigenvalue weighted by Gasteiger charge is -2.05. The number of halogens is 3. The molecule has 0 rings (SSSR count). The predicted octanol–water partition coefficient (Wildman–Crippen LogP) is -0.453. The van der Waals surface area contributed by atoms with Crippen molar-refractivity contribution in [2.75, 3.05) is 0 Å². The summed E-state index contributed by atoms with van der Waals surface area (Å²) in [6.07, 6.45) is -3.67. The van der Waals surface area contributed by atoms with E-state index < -0.39 is 24.1 Å². The highest BCUT2D eigenvalue weighted by molar-refractivity contribution is 5.84. The van der Waals surface area contributed by atoms with Crippen LogP contribution in [0.5, 0.6) is 0 Å². The molecule has 0 aliphatic heterocycles. The first-order chi connectivity index (χ1) is 8.02. The normalized spacial score (nSPS) is 11.8. The number of carbonyl (C=O) groups is 2. The van der Waals surface area contributed by atoms with Gasteiger partial charge in [0.1, 0.15) is 6.04 Å². The SMILES string of the molecule is CCC[C@H](N=C(N)N)C(N)=O.O=C(O)C(F)(F)F. The zero-order valence-electron chi connectivity index (χ0n) is 9.57. The summed E-state index contributed by atoms with van der Waals surface area (Å²) in [4.78, 5) is 23.2. The van der Waals surface area contributed by atoms with Crippen molar-refractivity contribution in [2.24, 2.45) is 22.2 Å². The number of hydrogen-bond donors (Lipinski definition) is 4. The monoisotopic (exact) mass is 272 g/mol. The molecule has 0 spiro atoms. The summed E-state index contributed by atoms with van der Waals surface area (Å²) in [6.45, 7) is 1.93. The molecule has 0 aliphatic carbocycles. The summed E-state index contributed by atoms with van der Waals surface area (Å²) >= 11 is 0. The van der Waals surface area contributed by atoms with Gasteiger partial charge in [0, 0.05) is 0 Å². The maximum atomic E-state index is 10.6. The Hall–Kier alpha value is -2.00. The van der Waals surface area contributed by atoms with Crippen molar-refractivity contribution in [1.82, 2.24) is 0 Å². The van der Waals surface area contributed by atoms with E-state index in [-0.39, 0.29) is 5.96 Å². The van der Waals surface area contributed by atoms with Crippen LogP contribution in [0.4, 0.5) is 13.2 Å². The third kappa shape index (κ3) is 10.5. The van der Waals surface area contributed by atoms with Gasteiger partial charge in [-0.25, -0.2) is 9.79 Å². The standard InChI is InChI=1S/C6H14N4O.C2HF3O2/c1-2-3-4(5(7)11)10-6(8)9;3-2(4,5)1(6)7/h4H,2-3H2,1H3,(H2,7,11)(H4,8,9,10);(H,6,7)/t4-;/m0./s1. The Morgan fingerprint density at radius 3 is 1.83 bits per heavy atom. The summed E-state index contributed by atoms with van der Waals surface area (Å²) < 4.78 is 31.7. The van der Waals surface area contributed by atoms with Gasteiger partial charge in [-0.3, -0.25) is 4.79 Å². The first-order valence-corrected chi connectivity index (χ1v) is 4.70. The van der Waals surface area contributed by atoms with Gasteiger partial charge in [-0.05, 0) is 6.42 Å². The summed E-state index contributed by atoms with van der Waals surface area (Å²) in [5.41, 5.74) is 15.2. The average molecular weight is 272 g/mol. The summed E-state index contributed by atoms with van der Waals surface area (Å²) in [6, 6.07) is -0.565. The van der Waals surface area contributed by atoms with E-state index >= 15 is 0 Å². The van der Waals surface area contributed by atoms with Gasteiger partial charge in [-0.15, -0.1) is 0 Å². The number of aliphatic imine (C=N–C) groups is 1. The Morgan fingerprint density at radius 1 is 1.28 bits per heavy atom. The minimum atomic E-state index is -5.08. The van der Waals surface area contributed by atoms with Gasteiger partial charge in [0.15, 0.2) is 5.96 Å². The van der Waals surface area contributed by atoms with Crippen LogP contribution in [0.1, 0.15) is 19.8 Å². The molecule has 0 saturated heterocycles. The molecule has 10 heteroatoms. The Bertz CT molecular complexity index is 313. The van der Waals surface area contributed by atoms with Crippen LogP contribution in [-0.2, 0) is 9.59 Å². The highest BCUT2D eigenvalue weighted by Crippen LogP contribution is 2.13. The van der Waals surface area contributed by atoms with Gasteiger partial charge in [-0.1, -0.05) is 13.3 Å². The van der Waals surface area contributed by atoms with E-state index in [1.165, 1.54) is 0 Å². The summed E-state index contributed by atoms with van der Waals surface area (Å²) in [5, 5.41) is 7.12. The van der Waals surface area contributed by atoms with Crippen molar-refractivity contribution in [2.45, 2.75) is 32.0 Å². The maximum Gasteiger partial charge on any atom is 0.490 e. The van der Waals surface area contributed by atoms with E-state index in [0.29, 0.717) is 6.42 Å². The second kappa shape index (κ2) is 8.14. The van der Waals surface area contributed by atoms with Gasteiger partial charge < -0.3 is 22.3 Å². The number of hydrogen-bond acceptors (Lipinski definition) is 3. The van der Waals surface area contributed by atoms with Gasteiger partial charge in [0.2, 0.25) is 5.91 Å². The quantitative estimate of drug-likeness (QED) is 0.404. The number of aliphatic carboxylic acids is 1. The van der Waals surface area contributed by atoms with Gasteiger partial charge in [0.05, 0.1) is 0 Å². The molecule has 0 saturated carbocycles. The first-order valence-electron chi connectivity index (χ1n) is 4.70. The predicted molar refractivity (Wildman–Crippen MR) is 57.4 cm³/mol. The number of carboxylic acids is 1. The number of guanidine groups is 1. The van der Waals surface area contributed by atoms with Crippen LogP contribution in [0.3, 0.4) is 0 Å². The molecule has 1 atom stereocenters. The Kier molecular flexibility index (Phi) is 8.31. The summed E-state index contributed by atoms with van der Waals surface area (Å²) in [5.74, 6) is -3.34. The number of carbonyl (C=O) groups excluding carboxylic acids is 1. The molecule has 0 radical (unpaired) electrons.